The molecule has 2 aromatic carbocycles. The third-order valence-corrected chi connectivity index (χ3v) is 5.34. The maximum Gasteiger partial charge on any atom is 0.303 e. The Morgan fingerprint density at radius 1 is 1.00 bits per heavy atom. The van der Waals surface area contributed by atoms with Crippen molar-refractivity contribution in [2.75, 3.05) is 6.61 Å². The Hall–Kier alpha value is -2.78. The zero-order valence-electron chi connectivity index (χ0n) is 18.0. The van der Waals surface area contributed by atoms with E-state index in [1.165, 1.54) is 13.8 Å². The third-order valence-electron chi connectivity index (χ3n) is 5.34. The van der Waals surface area contributed by atoms with Gasteiger partial charge < -0.3 is 29.0 Å². The number of fused-ring (bicyclic) bond motifs is 1. The van der Waals surface area contributed by atoms with E-state index in [9.17, 15) is 9.59 Å². The van der Waals surface area contributed by atoms with Crippen LogP contribution < -0.4 is 5.32 Å². The highest BCUT2D eigenvalue weighted by Gasteiger charge is 2.52. The smallest absolute Gasteiger partial charge is 0.303 e. The lowest BCUT2D eigenvalue weighted by Gasteiger charge is -2.48. The molecule has 8 heteroatoms. The van der Waals surface area contributed by atoms with E-state index in [1.807, 2.05) is 60.7 Å². The normalized spacial score (nSPS) is 29.6. The van der Waals surface area contributed by atoms with Gasteiger partial charge in [-0.3, -0.25) is 9.59 Å². The molecule has 8 nitrogen and oxygen atoms in total. The Kier molecular flexibility index (Phi) is 7.16. The van der Waals surface area contributed by atoms with Crippen molar-refractivity contribution >= 4 is 11.9 Å². The number of hydrogen-bond acceptors (Lipinski definition) is 7. The van der Waals surface area contributed by atoms with Gasteiger partial charge >= 0.3 is 5.97 Å². The summed E-state index contributed by atoms with van der Waals surface area (Å²) in [5.74, 6) is -0.784. The minimum absolute atomic E-state index is 0.222. The van der Waals surface area contributed by atoms with Crippen LogP contribution in [0.1, 0.15) is 31.3 Å². The molecule has 6 atom stereocenters. The summed E-state index contributed by atoms with van der Waals surface area (Å²) < 4.78 is 29.9. The molecule has 2 heterocycles. The van der Waals surface area contributed by atoms with Crippen molar-refractivity contribution in [1.82, 2.24) is 5.32 Å². The summed E-state index contributed by atoms with van der Waals surface area (Å²) in [5, 5.41) is 2.82. The Labute approximate surface area is 186 Å². The number of ether oxygens (including phenoxy) is 5. The molecule has 1 amide bonds. The van der Waals surface area contributed by atoms with Crippen LogP contribution in [0.15, 0.2) is 60.7 Å². The van der Waals surface area contributed by atoms with Crippen LogP contribution in [-0.4, -0.2) is 49.1 Å². The zero-order chi connectivity index (χ0) is 22.5. The predicted octanol–water partition coefficient (Wildman–Crippen LogP) is 2.48. The highest BCUT2D eigenvalue weighted by atomic mass is 16.8. The molecule has 1 N–H and O–H groups in total. The molecule has 0 unspecified atom stereocenters. The molecule has 4 rings (SSSR count). The molecule has 2 aliphatic heterocycles. The maximum atomic E-state index is 12.0. The van der Waals surface area contributed by atoms with Crippen molar-refractivity contribution in [3.05, 3.63) is 71.8 Å². The van der Waals surface area contributed by atoms with E-state index in [-0.39, 0.29) is 19.1 Å². The van der Waals surface area contributed by atoms with Crippen molar-refractivity contribution in [1.29, 1.82) is 0 Å². The Morgan fingerprint density at radius 2 is 1.69 bits per heavy atom. The van der Waals surface area contributed by atoms with E-state index in [1.54, 1.807) is 0 Å². The molecular weight excluding hydrogens is 414 g/mol. The average Bonchev–Trinajstić information content (AvgIpc) is 2.80. The number of amides is 1. The van der Waals surface area contributed by atoms with Gasteiger partial charge in [0.1, 0.15) is 18.2 Å². The number of rotatable bonds is 6. The van der Waals surface area contributed by atoms with E-state index in [2.05, 4.69) is 5.32 Å². The first-order valence-corrected chi connectivity index (χ1v) is 10.6. The minimum Gasteiger partial charge on any atom is -0.457 e. The van der Waals surface area contributed by atoms with Gasteiger partial charge in [-0.05, 0) is 5.56 Å². The van der Waals surface area contributed by atoms with Crippen molar-refractivity contribution in [3.8, 4) is 0 Å². The van der Waals surface area contributed by atoms with Gasteiger partial charge in [-0.1, -0.05) is 60.7 Å². The fourth-order valence-corrected chi connectivity index (χ4v) is 3.97. The third kappa shape index (κ3) is 5.34. The fraction of sp³-hybridized carbons (Fsp3) is 0.417. The minimum atomic E-state index is -0.856. The van der Waals surface area contributed by atoms with Crippen LogP contribution >= 0.6 is 0 Å². The monoisotopic (exact) mass is 441 g/mol. The van der Waals surface area contributed by atoms with Crippen LogP contribution in [0.3, 0.4) is 0 Å². The first-order chi connectivity index (χ1) is 15.5. The SMILES string of the molecule is CC(=O)N[C@@H]1[C@H](OCc2ccccc2)O[C@@H]2CO[C@H](c3ccccc3)O[C@H]2[C@H]1OC(C)=O. The van der Waals surface area contributed by atoms with Crippen molar-refractivity contribution in [2.24, 2.45) is 0 Å². The van der Waals surface area contributed by atoms with Crippen LogP contribution in [0.25, 0.3) is 0 Å². The molecule has 0 aliphatic carbocycles. The topological polar surface area (TPSA) is 92.3 Å². The van der Waals surface area contributed by atoms with Crippen LogP contribution in [-0.2, 0) is 39.9 Å². The van der Waals surface area contributed by atoms with Crippen molar-refractivity contribution < 1.29 is 33.3 Å². The molecule has 0 saturated carbocycles. The Balaban J connectivity index is 1.57. The molecule has 2 aromatic rings. The van der Waals surface area contributed by atoms with Gasteiger partial charge in [-0.25, -0.2) is 0 Å². The number of carbonyl (C=O) groups is 2. The maximum absolute atomic E-state index is 12.0. The first-order valence-electron chi connectivity index (χ1n) is 10.6. The second kappa shape index (κ2) is 10.2. The van der Waals surface area contributed by atoms with Crippen molar-refractivity contribution in [2.45, 2.75) is 57.4 Å². The highest BCUT2D eigenvalue weighted by molar-refractivity contribution is 5.73. The lowest BCUT2D eigenvalue weighted by atomic mass is 9.95. The largest absolute Gasteiger partial charge is 0.457 e. The van der Waals surface area contributed by atoms with Crippen LogP contribution in [0.5, 0.6) is 0 Å². The average molecular weight is 441 g/mol. The van der Waals surface area contributed by atoms with Gasteiger partial charge in [-0.15, -0.1) is 0 Å². The van der Waals surface area contributed by atoms with E-state index in [0.29, 0.717) is 0 Å². The molecule has 2 saturated heterocycles. The first kappa shape index (κ1) is 22.4. The number of esters is 1. The predicted molar refractivity (Wildman–Crippen MR) is 113 cm³/mol. The second-order valence-electron chi connectivity index (χ2n) is 7.82. The molecule has 0 bridgehead atoms. The van der Waals surface area contributed by atoms with Gasteiger partial charge in [0.2, 0.25) is 5.91 Å². The summed E-state index contributed by atoms with van der Waals surface area (Å²) in [5.41, 5.74) is 1.79. The molecule has 0 spiro atoms. The summed E-state index contributed by atoms with van der Waals surface area (Å²) in [7, 11) is 0. The van der Waals surface area contributed by atoms with E-state index in [0.717, 1.165) is 11.1 Å². The van der Waals surface area contributed by atoms with Gasteiger partial charge in [-0.2, -0.15) is 0 Å². The molecular formula is C24H27NO7. The van der Waals surface area contributed by atoms with E-state index < -0.39 is 42.9 Å². The number of nitrogens with one attached hydrogen (secondary N) is 1. The standard InChI is InChI=1S/C24H27NO7/c1-15(26)25-20-22(30-16(2)27)21-19(14-29-23(32-21)18-11-7-4-8-12-18)31-24(20)28-13-17-9-5-3-6-10-17/h3-12,19-24H,13-14H2,1-2H3,(H,25,26)/t19-,20+,21-,22+,23+,24-/m1/s1. The summed E-state index contributed by atoms with van der Waals surface area (Å²) in [4.78, 5) is 23.9. The zero-order valence-corrected chi connectivity index (χ0v) is 18.0. The van der Waals surface area contributed by atoms with Crippen LogP contribution in [0.2, 0.25) is 0 Å². The lowest BCUT2D eigenvalue weighted by Crippen LogP contribution is -2.67. The molecule has 170 valence electrons. The lowest BCUT2D eigenvalue weighted by molar-refractivity contribution is -0.346. The quantitative estimate of drug-likeness (QED) is 0.689. The molecule has 32 heavy (non-hydrogen) atoms. The van der Waals surface area contributed by atoms with Gasteiger partial charge in [0, 0.05) is 19.4 Å². The Bertz CT molecular complexity index is 907. The number of benzene rings is 2. The molecule has 0 aromatic heterocycles. The van der Waals surface area contributed by atoms with Crippen molar-refractivity contribution in [3.63, 3.8) is 0 Å². The molecule has 0 radical (unpaired) electrons. The highest BCUT2D eigenvalue weighted by Crippen LogP contribution is 2.36. The summed E-state index contributed by atoms with van der Waals surface area (Å²) in [6, 6.07) is 18.3. The molecule has 2 aliphatic rings. The fourth-order valence-electron chi connectivity index (χ4n) is 3.97. The van der Waals surface area contributed by atoms with Gasteiger partial charge in [0.25, 0.3) is 0 Å². The number of carbonyl (C=O) groups excluding carboxylic acids is 2. The summed E-state index contributed by atoms with van der Waals surface area (Å²) in [6.07, 6.45) is -3.49. The summed E-state index contributed by atoms with van der Waals surface area (Å²) in [6.45, 7) is 3.20. The second-order valence-corrected chi connectivity index (χ2v) is 7.82. The summed E-state index contributed by atoms with van der Waals surface area (Å²) >= 11 is 0. The van der Waals surface area contributed by atoms with Crippen LogP contribution in [0.4, 0.5) is 0 Å². The Morgan fingerprint density at radius 3 is 2.34 bits per heavy atom. The number of hydrogen-bond donors (Lipinski definition) is 1. The van der Waals surface area contributed by atoms with Gasteiger partial charge in [0.05, 0.1) is 13.2 Å². The van der Waals surface area contributed by atoms with Gasteiger partial charge in [0.15, 0.2) is 18.7 Å². The molecule has 2 fully saturated rings. The van der Waals surface area contributed by atoms with E-state index >= 15 is 0 Å². The van der Waals surface area contributed by atoms with Crippen LogP contribution in [0, 0.1) is 0 Å². The van der Waals surface area contributed by atoms with E-state index in [4.69, 9.17) is 23.7 Å².